The Morgan fingerprint density at radius 2 is 1.69 bits per heavy atom. The van der Waals surface area contributed by atoms with Crippen LogP contribution in [0.5, 0.6) is 0 Å². The second-order valence-electron chi connectivity index (χ2n) is 12.1. The molecule has 6 heteroatoms. The van der Waals surface area contributed by atoms with Crippen LogP contribution in [0.4, 0.5) is 0 Å². The molecule has 0 aromatic carbocycles. The summed E-state index contributed by atoms with van der Waals surface area (Å²) in [5.74, 6) is 1.66. The summed E-state index contributed by atoms with van der Waals surface area (Å²) in [6.45, 7) is 6.83. The lowest BCUT2D eigenvalue weighted by molar-refractivity contribution is -0.174. The Morgan fingerprint density at radius 3 is 2.41 bits per heavy atom. The molecule has 4 N–H and O–H groups in total. The van der Waals surface area contributed by atoms with Crippen molar-refractivity contribution in [1.29, 1.82) is 0 Å². The highest BCUT2D eigenvalue weighted by Gasteiger charge is 2.62. The molecule has 0 heterocycles. The molecular formula is C26H43NO5. The molecule has 0 aliphatic heterocycles. The van der Waals surface area contributed by atoms with Gasteiger partial charge in [-0.3, -0.25) is 9.59 Å². The minimum Gasteiger partial charge on any atom is -0.480 e. The van der Waals surface area contributed by atoms with Crippen molar-refractivity contribution >= 4 is 11.9 Å². The molecule has 0 radical (unpaired) electrons. The van der Waals surface area contributed by atoms with Crippen LogP contribution in [-0.4, -0.2) is 45.9 Å². The second-order valence-corrected chi connectivity index (χ2v) is 12.1. The van der Waals surface area contributed by atoms with Crippen molar-refractivity contribution in [3.05, 3.63) is 0 Å². The number of aliphatic hydroxyl groups excluding tert-OH is 2. The number of carboxylic acids is 1. The molecule has 0 aromatic rings. The summed E-state index contributed by atoms with van der Waals surface area (Å²) in [6, 6.07) is 0. The number of hydrogen-bond donors (Lipinski definition) is 4. The summed E-state index contributed by atoms with van der Waals surface area (Å²) >= 11 is 0. The van der Waals surface area contributed by atoms with Crippen molar-refractivity contribution < 1.29 is 24.9 Å². The van der Waals surface area contributed by atoms with E-state index in [2.05, 4.69) is 26.1 Å². The fourth-order valence-corrected chi connectivity index (χ4v) is 9.00. The third-order valence-electron chi connectivity index (χ3n) is 10.7. The molecule has 0 bridgehead atoms. The van der Waals surface area contributed by atoms with Crippen molar-refractivity contribution in [3.8, 4) is 0 Å². The number of carbonyl (C=O) groups is 2. The average Bonchev–Trinajstić information content (AvgIpc) is 3.09. The lowest BCUT2D eigenvalue weighted by atomic mass is 9.43. The average molecular weight is 450 g/mol. The molecule has 4 fully saturated rings. The predicted octanol–water partition coefficient (Wildman–Crippen LogP) is 3.59. The van der Waals surface area contributed by atoms with Gasteiger partial charge in [-0.05, 0) is 104 Å². The van der Waals surface area contributed by atoms with E-state index < -0.39 is 5.97 Å². The lowest BCUT2D eigenvalue weighted by Gasteiger charge is -2.62. The number of hydrogen-bond acceptors (Lipinski definition) is 4. The Labute approximate surface area is 192 Å². The topological polar surface area (TPSA) is 107 Å². The van der Waals surface area contributed by atoms with Crippen LogP contribution in [0.1, 0.15) is 85.0 Å². The highest BCUT2D eigenvalue weighted by atomic mass is 16.4. The Balaban J connectivity index is 1.44. The first-order valence-corrected chi connectivity index (χ1v) is 12.9. The summed E-state index contributed by atoms with van der Waals surface area (Å²) in [4.78, 5) is 22.7. The molecular weight excluding hydrogens is 406 g/mol. The standard InChI is InChI=1S/C26H43NO5/c1-15(4-7-22(30)27-14-23(31)32)18-5-6-19-24-20(9-11-26(18,19)3)25(2)10-8-17(28)12-16(25)13-21(24)29/h15-21,24,28-29H,4-14H2,1-3H3,(H,27,30)(H,31,32)/t15-,16-,17-,18+,19-,20-,21-,24-,25-,26+/m0/s1. The second kappa shape index (κ2) is 8.90. The van der Waals surface area contributed by atoms with Gasteiger partial charge in [-0.2, -0.15) is 0 Å². The number of carboxylic acid groups (broad SMARTS) is 1. The van der Waals surface area contributed by atoms with Gasteiger partial charge in [0.05, 0.1) is 12.2 Å². The van der Waals surface area contributed by atoms with Crippen molar-refractivity contribution in [2.45, 2.75) is 97.2 Å². The van der Waals surface area contributed by atoms with Crippen LogP contribution in [0, 0.1) is 46.3 Å². The number of fused-ring (bicyclic) bond motifs is 5. The quantitative estimate of drug-likeness (QED) is 0.496. The van der Waals surface area contributed by atoms with Crippen LogP contribution >= 0.6 is 0 Å². The van der Waals surface area contributed by atoms with Gasteiger partial charge in [-0.15, -0.1) is 0 Å². The van der Waals surface area contributed by atoms with Crippen LogP contribution in [0.3, 0.4) is 0 Å². The van der Waals surface area contributed by atoms with Crippen molar-refractivity contribution in [1.82, 2.24) is 5.32 Å². The summed E-state index contributed by atoms with van der Waals surface area (Å²) in [7, 11) is 0. The third-order valence-corrected chi connectivity index (χ3v) is 10.7. The first-order valence-electron chi connectivity index (χ1n) is 12.9. The van der Waals surface area contributed by atoms with E-state index in [1.807, 2.05) is 0 Å². The number of rotatable bonds is 6. The number of carbonyl (C=O) groups excluding carboxylic acids is 1. The number of aliphatic carboxylic acids is 1. The molecule has 4 rings (SSSR count). The molecule has 1 amide bonds. The third kappa shape index (κ3) is 4.11. The first kappa shape index (κ1) is 24.0. The number of amides is 1. The van der Waals surface area contributed by atoms with Gasteiger partial charge in [0.15, 0.2) is 0 Å². The van der Waals surface area contributed by atoms with E-state index in [-0.39, 0.29) is 35.5 Å². The molecule has 6 nitrogen and oxygen atoms in total. The monoisotopic (exact) mass is 449 g/mol. The minimum absolute atomic E-state index is 0.177. The van der Waals surface area contributed by atoms with Crippen LogP contribution in [0.25, 0.3) is 0 Å². The van der Waals surface area contributed by atoms with Gasteiger partial charge >= 0.3 is 5.97 Å². The lowest BCUT2D eigenvalue weighted by Crippen LogP contribution is -2.58. The Morgan fingerprint density at radius 1 is 1.00 bits per heavy atom. The van der Waals surface area contributed by atoms with Gasteiger partial charge in [0, 0.05) is 6.42 Å². The van der Waals surface area contributed by atoms with Gasteiger partial charge in [0.25, 0.3) is 0 Å². The van der Waals surface area contributed by atoms with Gasteiger partial charge < -0.3 is 20.6 Å². The molecule has 10 atom stereocenters. The molecule has 4 aliphatic rings. The smallest absolute Gasteiger partial charge is 0.322 e. The van der Waals surface area contributed by atoms with Gasteiger partial charge in [0.2, 0.25) is 5.91 Å². The maximum atomic E-state index is 12.0. The molecule has 0 saturated heterocycles. The molecule has 182 valence electrons. The minimum atomic E-state index is -1.01. The summed E-state index contributed by atoms with van der Waals surface area (Å²) in [5.41, 5.74) is 0.451. The summed E-state index contributed by atoms with van der Waals surface area (Å²) in [5, 5.41) is 32.8. The van der Waals surface area contributed by atoms with Gasteiger partial charge in [-0.1, -0.05) is 20.8 Å². The fraction of sp³-hybridized carbons (Fsp3) is 0.923. The molecule has 0 aromatic heterocycles. The Hall–Kier alpha value is -1.14. The number of nitrogens with one attached hydrogen (secondary N) is 1. The van der Waals surface area contributed by atoms with E-state index in [9.17, 15) is 19.8 Å². The maximum Gasteiger partial charge on any atom is 0.322 e. The van der Waals surface area contributed by atoms with Crippen LogP contribution in [0.2, 0.25) is 0 Å². The highest BCUT2D eigenvalue weighted by molar-refractivity contribution is 5.81. The first-order chi connectivity index (χ1) is 15.1. The molecule has 0 spiro atoms. The Bertz CT molecular complexity index is 727. The van der Waals surface area contributed by atoms with E-state index in [4.69, 9.17) is 5.11 Å². The van der Waals surface area contributed by atoms with Crippen molar-refractivity contribution in [2.75, 3.05) is 6.54 Å². The maximum absolute atomic E-state index is 12.0. The van der Waals surface area contributed by atoms with E-state index in [0.717, 1.165) is 44.9 Å². The van der Waals surface area contributed by atoms with E-state index in [0.29, 0.717) is 41.9 Å². The van der Waals surface area contributed by atoms with Crippen LogP contribution < -0.4 is 5.32 Å². The summed E-state index contributed by atoms with van der Waals surface area (Å²) < 4.78 is 0. The zero-order valence-electron chi connectivity index (χ0n) is 20.1. The summed E-state index contributed by atoms with van der Waals surface area (Å²) in [6.07, 6.45) is 9.06. The van der Waals surface area contributed by atoms with E-state index in [1.165, 1.54) is 12.8 Å². The fourth-order valence-electron chi connectivity index (χ4n) is 9.00. The van der Waals surface area contributed by atoms with Crippen molar-refractivity contribution in [2.24, 2.45) is 46.3 Å². The van der Waals surface area contributed by atoms with Gasteiger partial charge in [-0.25, -0.2) is 0 Å². The molecule has 4 saturated carbocycles. The van der Waals surface area contributed by atoms with E-state index in [1.54, 1.807) is 0 Å². The van der Waals surface area contributed by atoms with Gasteiger partial charge in [0.1, 0.15) is 6.54 Å². The van der Waals surface area contributed by atoms with E-state index >= 15 is 0 Å². The molecule has 32 heavy (non-hydrogen) atoms. The normalized spacial score (nSPS) is 46.5. The van der Waals surface area contributed by atoms with Crippen LogP contribution in [-0.2, 0) is 9.59 Å². The zero-order valence-corrected chi connectivity index (χ0v) is 20.1. The SMILES string of the molecule is C[C@@H](CCC(=O)NCC(=O)O)[C@H]1CC[C@H]2[C@@H]3[C@@H](O)C[C@@H]4C[C@@H](O)CC[C@]4(C)[C@H]3CC[C@]12C. The number of aliphatic hydroxyl groups is 2. The van der Waals surface area contributed by atoms with Crippen LogP contribution in [0.15, 0.2) is 0 Å². The largest absolute Gasteiger partial charge is 0.480 e. The van der Waals surface area contributed by atoms with Crippen molar-refractivity contribution in [3.63, 3.8) is 0 Å². The highest BCUT2D eigenvalue weighted by Crippen LogP contribution is 2.68. The predicted molar refractivity (Wildman–Crippen MR) is 122 cm³/mol. The Kier molecular flexibility index (Phi) is 6.68. The molecule has 4 aliphatic carbocycles. The molecule has 0 unspecified atom stereocenters. The zero-order chi connectivity index (χ0) is 23.3.